The number of fused-ring (bicyclic) bond motifs is 2. The van der Waals surface area contributed by atoms with Gasteiger partial charge in [-0.15, -0.1) is 0 Å². The van der Waals surface area contributed by atoms with E-state index >= 15 is 0 Å². The van der Waals surface area contributed by atoms with Gasteiger partial charge in [-0.25, -0.2) is 4.98 Å². The van der Waals surface area contributed by atoms with Gasteiger partial charge in [0.15, 0.2) is 5.82 Å². The van der Waals surface area contributed by atoms with E-state index in [0.717, 1.165) is 40.0 Å². The Morgan fingerprint density at radius 3 is 2.85 bits per heavy atom. The molecule has 0 spiro atoms. The zero-order chi connectivity index (χ0) is 17.9. The van der Waals surface area contributed by atoms with Crippen molar-refractivity contribution in [3.05, 3.63) is 71.8 Å². The van der Waals surface area contributed by atoms with E-state index in [4.69, 9.17) is 9.72 Å². The van der Waals surface area contributed by atoms with Crippen LogP contribution in [0.25, 0.3) is 17.0 Å². The average Bonchev–Trinajstić information content (AvgIpc) is 3.06. The van der Waals surface area contributed by atoms with Gasteiger partial charge in [-0.1, -0.05) is 30.3 Å². The van der Waals surface area contributed by atoms with Gasteiger partial charge in [-0.05, 0) is 41.8 Å². The van der Waals surface area contributed by atoms with E-state index in [1.54, 1.807) is 13.2 Å². The second-order valence-electron chi connectivity index (χ2n) is 6.15. The highest BCUT2D eigenvalue weighted by atomic mass is 16.5. The van der Waals surface area contributed by atoms with Gasteiger partial charge in [-0.3, -0.25) is 15.2 Å². The maximum Gasteiger partial charge on any atom is 0.262 e. The van der Waals surface area contributed by atoms with E-state index < -0.39 is 0 Å². The molecule has 0 radical (unpaired) electrons. The van der Waals surface area contributed by atoms with Crippen LogP contribution in [0.2, 0.25) is 0 Å². The molecule has 5 heteroatoms. The number of pyridine rings is 1. The van der Waals surface area contributed by atoms with Crippen molar-refractivity contribution in [2.24, 2.45) is 0 Å². The molecule has 1 aromatic heterocycles. The van der Waals surface area contributed by atoms with Gasteiger partial charge < -0.3 is 4.74 Å². The van der Waals surface area contributed by atoms with E-state index in [0.29, 0.717) is 6.54 Å². The van der Waals surface area contributed by atoms with Crippen LogP contribution >= 0.6 is 0 Å². The number of benzene rings is 2. The van der Waals surface area contributed by atoms with Crippen molar-refractivity contribution < 1.29 is 9.53 Å². The zero-order valence-corrected chi connectivity index (χ0v) is 14.5. The lowest BCUT2D eigenvalue weighted by Crippen LogP contribution is -2.40. The molecule has 0 aliphatic carbocycles. The van der Waals surface area contributed by atoms with Crippen molar-refractivity contribution in [2.45, 2.75) is 6.42 Å². The number of hydrazine groups is 1. The highest BCUT2D eigenvalue weighted by Gasteiger charge is 2.22. The van der Waals surface area contributed by atoms with Crippen LogP contribution < -0.4 is 15.2 Å². The topological polar surface area (TPSA) is 54.5 Å². The Balaban J connectivity index is 1.54. The summed E-state index contributed by atoms with van der Waals surface area (Å²) < 4.78 is 5.27. The Labute approximate surface area is 151 Å². The fourth-order valence-electron chi connectivity index (χ4n) is 3.08. The second kappa shape index (κ2) is 6.88. The molecule has 5 nitrogen and oxygen atoms in total. The summed E-state index contributed by atoms with van der Waals surface area (Å²) >= 11 is 0. The molecule has 0 fully saturated rings. The number of hydrogen-bond acceptors (Lipinski definition) is 4. The highest BCUT2D eigenvalue weighted by molar-refractivity contribution is 5.93. The number of nitrogens with one attached hydrogen (secondary N) is 1. The Hall–Kier alpha value is -3.34. The molecule has 1 N–H and O–H groups in total. The van der Waals surface area contributed by atoms with E-state index in [2.05, 4.69) is 11.5 Å². The van der Waals surface area contributed by atoms with Crippen molar-refractivity contribution >= 4 is 28.7 Å². The minimum absolute atomic E-state index is 0.172. The van der Waals surface area contributed by atoms with Crippen LogP contribution in [-0.4, -0.2) is 24.5 Å². The summed E-state index contributed by atoms with van der Waals surface area (Å²) in [7, 11) is 1.64. The number of anilines is 1. The van der Waals surface area contributed by atoms with E-state index in [9.17, 15) is 4.79 Å². The molecule has 0 saturated heterocycles. The van der Waals surface area contributed by atoms with Crippen molar-refractivity contribution in [2.75, 3.05) is 18.7 Å². The van der Waals surface area contributed by atoms with Crippen LogP contribution in [0.15, 0.2) is 60.7 Å². The molecule has 2 aromatic carbocycles. The van der Waals surface area contributed by atoms with Crippen LogP contribution in [0.1, 0.15) is 11.1 Å². The van der Waals surface area contributed by atoms with Crippen molar-refractivity contribution in [1.29, 1.82) is 0 Å². The molecular weight excluding hydrogens is 326 g/mol. The first-order valence-electron chi connectivity index (χ1n) is 8.52. The summed E-state index contributed by atoms with van der Waals surface area (Å²) in [6.45, 7) is 0.709. The van der Waals surface area contributed by atoms with Crippen LogP contribution in [0.3, 0.4) is 0 Å². The molecule has 1 aliphatic heterocycles. The minimum Gasteiger partial charge on any atom is -0.497 e. The Kier molecular flexibility index (Phi) is 4.27. The van der Waals surface area contributed by atoms with Gasteiger partial charge in [0.25, 0.3) is 5.91 Å². The number of nitrogens with zero attached hydrogens (tertiary/aromatic N) is 2. The maximum atomic E-state index is 12.3. The van der Waals surface area contributed by atoms with Crippen molar-refractivity contribution in [1.82, 2.24) is 10.4 Å². The SMILES string of the molecule is COc1ccc2cc3c(nc2c1)N(NC(=O)/C=C/c1ccccc1)CC3. The van der Waals surface area contributed by atoms with Gasteiger partial charge in [0.1, 0.15) is 5.75 Å². The van der Waals surface area contributed by atoms with E-state index in [1.807, 2.05) is 53.5 Å². The third-order valence-corrected chi connectivity index (χ3v) is 4.41. The first-order valence-corrected chi connectivity index (χ1v) is 8.52. The molecule has 1 aliphatic rings. The van der Waals surface area contributed by atoms with Gasteiger partial charge in [0.2, 0.25) is 0 Å². The molecule has 0 atom stereocenters. The van der Waals surface area contributed by atoms with Gasteiger partial charge in [0, 0.05) is 24.1 Å². The standard InChI is InChI=1S/C21H19N3O2/c1-26-18-9-8-16-13-17-11-12-24(21(17)22-19(16)14-18)23-20(25)10-7-15-5-3-2-4-6-15/h2-10,13-14H,11-12H2,1H3,(H,23,25)/b10-7+. The van der Waals surface area contributed by atoms with Gasteiger partial charge >= 0.3 is 0 Å². The number of methoxy groups -OCH3 is 1. The molecule has 2 heterocycles. The minimum atomic E-state index is -0.172. The average molecular weight is 345 g/mol. The summed E-state index contributed by atoms with van der Waals surface area (Å²) in [6.07, 6.45) is 4.19. The molecule has 0 saturated carbocycles. The predicted octanol–water partition coefficient (Wildman–Crippen LogP) is 3.35. The lowest BCUT2D eigenvalue weighted by Gasteiger charge is -2.18. The monoisotopic (exact) mass is 345 g/mol. The summed E-state index contributed by atoms with van der Waals surface area (Å²) in [6, 6.07) is 17.7. The largest absolute Gasteiger partial charge is 0.497 e. The molecule has 3 aromatic rings. The summed E-state index contributed by atoms with van der Waals surface area (Å²) in [5, 5.41) is 2.88. The molecule has 26 heavy (non-hydrogen) atoms. The summed E-state index contributed by atoms with van der Waals surface area (Å²) in [5.74, 6) is 1.39. The highest BCUT2D eigenvalue weighted by Crippen LogP contribution is 2.29. The van der Waals surface area contributed by atoms with E-state index in [1.165, 1.54) is 6.08 Å². The quantitative estimate of drug-likeness (QED) is 0.737. The third kappa shape index (κ3) is 3.24. The lowest BCUT2D eigenvalue weighted by molar-refractivity contribution is -0.116. The smallest absolute Gasteiger partial charge is 0.262 e. The Morgan fingerprint density at radius 1 is 1.19 bits per heavy atom. The molecule has 4 rings (SSSR count). The predicted molar refractivity (Wildman–Crippen MR) is 103 cm³/mol. The lowest BCUT2D eigenvalue weighted by atomic mass is 10.1. The number of carbonyl (C=O) groups is 1. The molecular formula is C21H19N3O2. The van der Waals surface area contributed by atoms with E-state index in [-0.39, 0.29) is 5.91 Å². The molecule has 0 unspecified atom stereocenters. The number of rotatable bonds is 4. The number of aromatic nitrogens is 1. The van der Waals surface area contributed by atoms with Crippen LogP contribution in [0.5, 0.6) is 5.75 Å². The number of hydrogen-bond donors (Lipinski definition) is 1. The van der Waals surface area contributed by atoms with Gasteiger partial charge in [0.05, 0.1) is 12.6 Å². The number of ether oxygens (including phenoxy) is 1. The van der Waals surface area contributed by atoms with Crippen LogP contribution in [-0.2, 0) is 11.2 Å². The van der Waals surface area contributed by atoms with Crippen molar-refractivity contribution in [3.63, 3.8) is 0 Å². The third-order valence-electron chi connectivity index (χ3n) is 4.41. The normalized spacial score (nSPS) is 13.2. The fraction of sp³-hybridized carbons (Fsp3) is 0.143. The summed E-state index contributed by atoms with van der Waals surface area (Å²) in [5.41, 5.74) is 5.88. The number of amides is 1. The summed E-state index contributed by atoms with van der Waals surface area (Å²) in [4.78, 5) is 17.0. The fourth-order valence-corrected chi connectivity index (χ4v) is 3.08. The maximum absolute atomic E-state index is 12.3. The number of carbonyl (C=O) groups excluding carboxylic acids is 1. The first-order chi connectivity index (χ1) is 12.7. The second-order valence-corrected chi connectivity index (χ2v) is 6.15. The van der Waals surface area contributed by atoms with Crippen LogP contribution in [0.4, 0.5) is 5.82 Å². The molecule has 0 bridgehead atoms. The van der Waals surface area contributed by atoms with Crippen molar-refractivity contribution in [3.8, 4) is 5.75 Å². The molecule has 130 valence electrons. The Bertz CT molecular complexity index is 983. The molecule has 1 amide bonds. The zero-order valence-electron chi connectivity index (χ0n) is 14.5. The van der Waals surface area contributed by atoms with Gasteiger partial charge in [-0.2, -0.15) is 0 Å². The van der Waals surface area contributed by atoms with Crippen LogP contribution in [0, 0.1) is 0 Å². The first kappa shape index (κ1) is 16.1. The Morgan fingerprint density at radius 2 is 2.04 bits per heavy atom.